The minimum atomic E-state index is -0.262. The number of carbonyl (C=O) groups excluding carboxylic acids is 1. The fourth-order valence-electron chi connectivity index (χ4n) is 2.40. The van der Waals surface area contributed by atoms with E-state index >= 15 is 0 Å². The molecule has 1 aliphatic rings. The molecule has 0 aliphatic carbocycles. The quantitative estimate of drug-likeness (QED) is 0.708. The van der Waals surface area contributed by atoms with Gasteiger partial charge in [0, 0.05) is 19.1 Å². The van der Waals surface area contributed by atoms with Crippen molar-refractivity contribution < 1.29 is 9.53 Å². The minimum absolute atomic E-state index is 0.0728. The van der Waals surface area contributed by atoms with Gasteiger partial charge < -0.3 is 15.4 Å². The Morgan fingerprint density at radius 3 is 2.61 bits per heavy atom. The summed E-state index contributed by atoms with van der Waals surface area (Å²) in [5.74, 6) is 0.150. The Morgan fingerprint density at radius 2 is 2.11 bits per heavy atom. The van der Waals surface area contributed by atoms with Crippen molar-refractivity contribution in [3.8, 4) is 0 Å². The summed E-state index contributed by atoms with van der Waals surface area (Å²) in [4.78, 5) is 14.4. The topological polar surface area (TPSA) is 55.6 Å². The maximum atomic E-state index is 12.4. The Morgan fingerprint density at radius 1 is 1.39 bits per heavy atom. The van der Waals surface area contributed by atoms with Crippen LogP contribution >= 0.6 is 0 Å². The molecule has 2 N–H and O–H groups in total. The number of amides is 1. The number of nitrogens with zero attached hydrogens (tertiary/aromatic N) is 1. The summed E-state index contributed by atoms with van der Waals surface area (Å²) in [7, 11) is 0. The first-order chi connectivity index (χ1) is 8.60. The highest BCUT2D eigenvalue weighted by molar-refractivity contribution is 5.81. The third-order valence-electron chi connectivity index (χ3n) is 3.55. The Balaban J connectivity index is 2.49. The number of ether oxygens (including phenoxy) is 1. The summed E-state index contributed by atoms with van der Waals surface area (Å²) in [5.41, 5.74) is 5.58. The zero-order valence-corrected chi connectivity index (χ0v) is 12.0. The molecule has 0 aromatic heterocycles. The Bertz CT molecular complexity index is 256. The number of carbonyl (C=O) groups is 1. The van der Waals surface area contributed by atoms with Gasteiger partial charge in [0.15, 0.2) is 0 Å². The lowest BCUT2D eigenvalue weighted by Gasteiger charge is -2.29. The summed E-state index contributed by atoms with van der Waals surface area (Å²) in [6.07, 6.45) is 4.97. The van der Waals surface area contributed by atoms with Crippen molar-refractivity contribution in [3.63, 3.8) is 0 Å². The van der Waals surface area contributed by atoms with Crippen molar-refractivity contribution in [2.24, 2.45) is 5.73 Å². The number of hydrogen-bond acceptors (Lipinski definition) is 3. The van der Waals surface area contributed by atoms with Crippen LogP contribution in [0, 0.1) is 0 Å². The third-order valence-corrected chi connectivity index (χ3v) is 3.55. The van der Waals surface area contributed by atoms with Crippen molar-refractivity contribution >= 4 is 5.91 Å². The predicted octanol–water partition coefficient (Wildman–Crippen LogP) is 1.92. The van der Waals surface area contributed by atoms with E-state index in [1.165, 1.54) is 12.8 Å². The van der Waals surface area contributed by atoms with E-state index < -0.39 is 0 Å². The SMILES string of the molecule is CCCCCN(C(=O)[C@@H]1CC[C@H](CN)O1)C(C)C. The number of hydrogen-bond donors (Lipinski definition) is 1. The molecule has 0 unspecified atom stereocenters. The van der Waals surface area contributed by atoms with Gasteiger partial charge in [-0.15, -0.1) is 0 Å². The highest BCUT2D eigenvalue weighted by Gasteiger charge is 2.33. The molecule has 2 atom stereocenters. The zero-order valence-electron chi connectivity index (χ0n) is 12.0. The van der Waals surface area contributed by atoms with E-state index in [2.05, 4.69) is 20.8 Å². The lowest BCUT2D eigenvalue weighted by atomic mass is 10.1. The summed E-state index contributed by atoms with van der Waals surface area (Å²) >= 11 is 0. The van der Waals surface area contributed by atoms with Crippen LogP contribution < -0.4 is 5.73 Å². The Kier molecular flexibility index (Phi) is 6.65. The molecule has 18 heavy (non-hydrogen) atoms. The highest BCUT2D eigenvalue weighted by atomic mass is 16.5. The molecule has 0 saturated carbocycles. The molecule has 1 aliphatic heterocycles. The average molecular weight is 256 g/mol. The average Bonchev–Trinajstić information content (AvgIpc) is 2.82. The molecule has 0 bridgehead atoms. The summed E-state index contributed by atoms with van der Waals surface area (Å²) in [6, 6.07) is 0.245. The largest absolute Gasteiger partial charge is 0.364 e. The standard InChI is InChI=1S/C14H28N2O2/c1-4-5-6-9-16(11(2)3)14(17)13-8-7-12(10-15)18-13/h11-13H,4-10,15H2,1-3H3/t12-,13+/m1/s1. The van der Waals surface area contributed by atoms with Gasteiger partial charge in [0.25, 0.3) is 5.91 Å². The second-order valence-corrected chi connectivity index (χ2v) is 5.39. The van der Waals surface area contributed by atoms with E-state index in [0.29, 0.717) is 6.54 Å². The van der Waals surface area contributed by atoms with Crippen LogP contribution in [0.1, 0.15) is 52.9 Å². The summed E-state index contributed by atoms with van der Waals surface area (Å²) in [5, 5.41) is 0. The first-order valence-electron chi connectivity index (χ1n) is 7.26. The van der Waals surface area contributed by atoms with E-state index in [1.807, 2.05) is 4.90 Å². The normalized spacial score (nSPS) is 23.6. The number of nitrogens with two attached hydrogens (primary N) is 1. The third kappa shape index (κ3) is 4.25. The second-order valence-electron chi connectivity index (χ2n) is 5.39. The van der Waals surface area contributed by atoms with Gasteiger partial charge in [-0.2, -0.15) is 0 Å². The van der Waals surface area contributed by atoms with Crippen LogP contribution in [0.15, 0.2) is 0 Å². The molecule has 1 heterocycles. The van der Waals surface area contributed by atoms with Crippen LogP contribution in [-0.2, 0) is 9.53 Å². The molecular weight excluding hydrogens is 228 g/mol. The molecule has 1 saturated heterocycles. The van der Waals surface area contributed by atoms with E-state index in [4.69, 9.17) is 10.5 Å². The van der Waals surface area contributed by atoms with Crippen LogP contribution in [0.25, 0.3) is 0 Å². The van der Waals surface area contributed by atoms with Gasteiger partial charge in [-0.05, 0) is 33.1 Å². The highest BCUT2D eigenvalue weighted by Crippen LogP contribution is 2.21. The molecular formula is C14H28N2O2. The van der Waals surface area contributed by atoms with Gasteiger partial charge in [0.2, 0.25) is 0 Å². The second kappa shape index (κ2) is 7.74. The van der Waals surface area contributed by atoms with Crippen molar-refractivity contribution in [3.05, 3.63) is 0 Å². The Hall–Kier alpha value is -0.610. The fourth-order valence-corrected chi connectivity index (χ4v) is 2.40. The van der Waals surface area contributed by atoms with Crippen LogP contribution in [0.4, 0.5) is 0 Å². The number of rotatable bonds is 7. The molecule has 1 rings (SSSR count). The maximum Gasteiger partial charge on any atom is 0.251 e. The molecule has 0 aromatic carbocycles. The van der Waals surface area contributed by atoms with E-state index in [0.717, 1.165) is 25.8 Å². The van der Waals surface area contributed by atoms with Crippen LogP contribution in [0.5, 0.6) is 0 Å². The van der Waals surface area contributed by atoms with E-state index in [1.54, 1.807) is 0 Å². The van der Waals surface area contributed by atoms with Crippen molar-refractivity contribution in [2.45, 2.75) is 71.1 Å². The molecule has 1 fully saturated rings. The summed E-state index contributed by atoms with van der Waals surface area (Å²) in [6.45, 7) is 7.67. The first kappa shape index (κ1) is 15.4. The summed E-state index contributed by atoms with van der Waals surface area (Å²) < 4.78 is 5.69. The van der Waals surface area contributed by atoms with Gasteiger partial charge in [0.05, 0.1) is 6.10 Å². The smallest absolute Gasteiger partial charge is 0.251 e. The zero-order chi connectivity index (χ0) is 13.5. The van der Waals surface area contributed by atoms with E-state index in [9.17, 15) is 4.79 Å². The van der Waals surface area contributed by atoms with Crippen LogP contribution in [0.2, 0.25) is 0 Å². The lowest BCUT2D eigenvalue weighted by Crippen LogP contribution is -2.44. The fraction of sp³-hybridized carbons (Fsp3) is 0.929. The van der Waals surface area contributed by atoms with Gasteiger partial charge in [-0.25, -0.2) is 0 Å². The molecule has 0 aromatic rings. The predicted molar refractivity (Wildman–Crippen MR) is 73.3 cm³/mol. The van der Waals surface area contributed by atoms with Gasteiger partial charge in [-0.1, -0.05) is 19.8 Å². The van der Waals surface area contributed by atoms with Gasteiger partial charge in [0.1, 0.15) is 6.10 Å². The first-order valence-corrected chi connectivity index (χ1v) is 7.26. The molecule has 0 spiro atoms. The maximum absolute atomic E-state index is 12.4. The molecule has 106 valence electrons. The molecule has 1 amide bonds. The minimum Gasteiger partial charge on any atom is -0.364 e. The van der Waals surface area contributed by atoms with Crippen LogP contribution in [-0.4, -0.2) is 42.1 Å². The van der Waals surface area contributed by atoms with Crippen LogP contribution in [0.3, 0.4) is 0 Å². The van der Waals surface area contributed by atoms with Crippen molar-refractivity contribution in [1.29, 1.82) is 0 Å². The lowest BCUT2D eigenvalue weighted by molar-refractivity contribution is -0.144. The molecule has 4 nitrogen and oxygen atoms in total. The van der Waals surface area contributed by atoms with Gasteiger partial charge in [-0.3, -0.25) is 4.79 Å². The number of unbranched alkanes of at least 4 members (excludes halogenated alkanes) is 2. The van der Waals surface area contributed by atoms with E-state index in [-0.39, 0.29) is 24.2 Å². The van der Waals surface area contributed by atoms with Gasteiger partial charge >= 0.3 is 0 Å². The molecule has 0 radical (unpaired) electrons. The van der Waals surface area contributed by atoms with Crippen molar-refractivity contribution in [2.75, 3.05) is 13.1 Å². The Labute approximate surface area is 111 Å². The van der Waals surface area contributed by atoms with Crippen molar-refractivity contribution in [1.82, 2.24) is 4.90 Å². The monoisotopic (exact) mass is 256 g/mol. The molecule has 4 heteroatoms.